The fourth-order valence-corrected chi connectivity index (χ4v) is 5.16. The summed E-state index contributed by atoms with van der Waals surface area (Å²) < 4.78 is 5.55. The number of rotatable bonds is 6. The second-order valence-electron chi connectivity index (χ2n) is 9.51. The zero-order valence-electron chi connectivity index (χ0n) is 20.6. The Morgan fingerprint density at radius 2 is 1.67 bits per heavy atom. The van der Waals surface area contributed by atoms with Crippen LogP contribution in [-0.2, 0) is 17.6 Å². The van der Waals surface area contributed by atoms with E-state index in [0.717, 1.165) is 99.5 Å². The van der Waals surface area contributed by atoms with Crippen LogP contribution in [0.2, 0.25) is 0 Å². The maximum Gasteiger partial charge on any atom is 0.228 e. The van der Waals surface area contributed by atoms with Crippen molar-refractivity contribution in [1.29, 1.82) is 0 Å². The number of nitrogens with one attached hydrogen (secondary N) is 1. The van der Waals surface area contributed by atoms with Crippen molar-refractivity contribution >= 4 is 23.4 Å². The molecule has 1 aromatic carbocycles. The number of hydrogen-bond donors (Lipinski definition) is 2. The van der Waals surface area contributed by atoms with Gasteiger partial charge in [0.25, 0.3) is 0 Å². The summed E-state index contributed by atoms with van der Waals surface area (Å²) in [6.45, 7) is 9.33. The number of fused-ring (bicyclic) bond motifs is 1. The van der Waals surface area contributed by atoms with Gasteiger partial charge in [0.2, 0.25) is 11.9 Å². The first-order valence-corrected chi connectivity index (χ1v) is 12.9. The Kier molecular flexibility index (Phi) is 6.63. The number of benzene rings is 1. The molecule has 0 spiro atoms. The molecule has 3 N–H and O–H groups in total. The molecule has 3 aliphatic heterocycles. The van der Waals surface area contributed by atoms with E-state index in [-0.39, 0.29) is 5.95 Å². The molecule has 10 heteroatoms. The monoisotopic (exact) mass is 487 g/mol. The zero-order valence-corrected chi connectivity index (χ0v) is 20.6. The second-order valence-corrected chi connectivity index (χ2v) is 9.51. The van der Waals surface area contributed by atoms with Crippen LogP contribution in [0.4, 0.5) is 23.4 Å². The van der Waals surface area contributed by atoms with Crippen LogP contribution >= 0.6 is 0 Å². The molecule has 10 nitrogen and oxygen atoms in total. The van der Waals surface area contributed by atoms with E-state index in [2.05, 4.69) is 54.2 Å². The van der Waals surface area contributed by atoms with Gasteiger partial charge in [0.05, 0.1) is 18.9 Å². The topological polar surface area (TPSA) is 109 Å². The lowest BCUT2D eigenvalue weighted by Gasteiger charge is -2.28. The number of aromatic nitrogens is 4. The van der Waals surface area contributed by atoms with Gasteiger partial charge < -0.3 is 30.5 Å². The maximum absolute atomic E-state index is 5.75. The molecule has 2 saturated heterocycles. The average molecular weight is 488 g/mol. The highest BCUT2D eigenvalue weighted by atomic mass is 16.5. The van der Waals surface area contributed by atoms with Crippen molar-refractivity contribution in [2.24, 2.45) is 0 Å². The molecular formula is C26H33N9O. The molecule has 0 saturated carbocycles. The SMILES string of the molecule is Nc1ncc(-c2nc(N3CCOCC3)nc3c2CCN3c2ccc(CCN3CCNCC3)cc2)cn1. The van der Waals surface area contributed by atoms with Crippen LogP contribution in [0.3, 0.4) is 0 Å². The Morgan fingerprint density at radius 3 is 2.42 bits per heavy atom. The van der Waals surface area contributed by atoms with E-state index < -0.39 is 0 Å². The standard InChI is InChI=1S/C26H33N9O/c27-25-29-17-20(18-30-25)23-22-6-10-35(24(22)32-26(31-23)34-13-15-36-16-14-34)21-3-1-19(2-4-21)5-9-33-11-7-28-8-12-33/h1-4,17-18,28H,5-16H2,(H2,27,29,30). The average Bonchev–Trinajstić information content (AvgIpc) is 3.37. The van der Waals surface area contributed by atoms with Crippen molar-refractivity contribution in [3.05, 3.63) is 47.8 Å². The third-order valence-corrected chi connectivity index (χ3v) is 7.23. The Labute approximate surface area is 211 Å². The van der Waals surface area contributed by atoms with E-state index in [1.807, 2.05) is 0 Å². The van der Waals surface area contributed by atoms with Gasteiger partial charge in [-0.1, -0.05) is 12.1 Å². The molecule has 3 aromatic rings. The lowest BCUT2D eigenvalue weighted by atomic mass is 10.1. The van der Waals surface area contributed by atoms with E-state index in [9.17, 15) is 0 Å². The largest absolute Gasteiger partial charge is 0.378 e. The summed E-state index contributed by atoms with van der Waals surface area (Å²) in [5.41, 5.74) is 11.2. The molecule has 5 heterocycles. The lowest BCUT2D eigenvalue weighted by Crippen LogP contribution is -2.44. The first-order chi connectivity index (χ1) is 17.7. The van der Waals surface area contributed by atoms with Gasteiger partial charge in [0.15, 0.2) is 0 Å². The quantitative estimate of drug-likeness (QED) is 0.531. The molecule has 0 atom stereocenters. The zero-order chi connectivity index (χ0) is 24.3. The first-order valence-electron chi connectivity index (χ1n) is 12.9. The van der Waals surface area contributed by atoms with Crippen LogP contribution in [0.25, 0.3) is 11.3 Å². The number of hydrogen-bond acceptors (Lipinski definition) is 10. The molecule has 36 heavy (non-hydrogen) atoms. The van der Waals surface area contributed by atoms with Gasteiger partial charge in [-0.15, -0.1) is 0 Å². The summed E-state index contributed by atoms with van der Waals surface area (Å²) in [5.74, 6) is 1.95. The predicted octanol–water partition coefficient (Wildman–Crippen LogP) is 1.49. The second kappa shape index (κ2) is 10.3. The van der Waals surface area contributed by atoms with Gasteiger partial charge in [0, 0.05) is 81.6 Å². The minimum absolute atomic E-state index is 0.261. The number of nitrogen functional groups attached to an aromatic ring is 1. The Bertz CT molecular complexity index is 1170. The lowest BCUT2D eigenvalue weighted by molar-refractivity contribution is 0.122. The minimum Gasteiger partial charge on any atom is -0.378 e. The van der Waals surface area contributed by atoms with Crippen molar-refractivity contribution < 1.29 is 4.74 Å². The van der Waals surface area contributed by atoms with Crippen molar-refractivity contribution in [2.75, 3.05) is 81.1 Å². The van der Waals surface area contributed by atoms with Crippen molar-refractivity contribution in [2.45, 2.75) is 12.8 Å². The summed E-state index contributed by atoms with van der Waals surface area (Å²) in [6, 6.07) is 8.97. The van der Waals surface area contributed by atoms with Gasteiger partial charge in [0.1, 0.15) is 5.82 Å². The summed E-state index contributed by atoms with van der Waals surface area (Å²) >= 11 is 0. The molecular weight excluding hydrogens is 454 g/mol. The Morgan fingerprint density at radius 1 is 0.917 bits per heavy atom. The number of morpholine rings is 1. The molecule has 0 radical (unpaired) electrons. The summed E-state index contributed by atoms with van der Waals surface area (Å²) in [6.07, 6.45) is 5.44. The third-order valence-electron chi connectivity index (χ3n) is 7.23. The number of anilines is 4. The predicted molar refractivity (Wildman–Crippen MR) is 141 cm³/mol. The van der Waals surface area contributed by atoms with E-state index in [1.165, 1.54) is 5.56 Å². The number of nitrogens with two attached hydrogens (primary N) is 1. The van der Waals surface area contributed by atoms with Gasteiger partial charge in [-0.25, -0.2) is 15.0 Å². The maximum atomic E-state index is 5.75. The molecule has 0 unspecified atom stereocenters. The molecule has 3 aliphatic rings. The number of ether oxygens (including phenoxy) is 1. The highest BCUT2D eigenvalue weighted by Crippen LogP contribution is 2.39. The third kappa shape index (κ3) is 4.84. The van der Waals surface area contributed by atoms with Crippen LogP contribution < -0.4 is 20.9 Å². The Hall–Kier alpha value is -3.34. The molecule has 188 valence electrons. The van der Waals surface area contributed by atoms with Gasteiger partial charge in [-0.05, 0) is 30.5 Å². The number of nitrogens with zero attached hydrogens (tertiary/aromatic N) is 7. The van der Waals surface area contributed by atoms with Crippen molar-refractivity contribution in [3.8, 4) is 11.3 Å². The molecule has 2 fully saturated rings. The molecule has 2 aromatic heterocycles. The van der Waals surface area contributed by atoms with Crippen LogP contribution in [0.15, 0.2) is 36.7 Å². The van der Waals surface area contributed by atoms with Crippen LogP contribution in [0.1, 0.15) is 11.1 Å². The van der Waals surface area contributed by atoms with E-state index in [4.69, 9.17) is 20.4 Å². The van der Waals surface area contributed by atoms with Crippen molar-refractivity contribution in [3.63, 3.8) is 0 Å². The van der Waals surface area contributed by atoms with Gasteiger partial charge in [-0.2, -0.15) is 4.98 Å². The fourth-order valence-electron chi connectivity index (χ4n) is 5.16. The summed E-state index contributed by atoms with van der Waals surface area (Å²) in [4.78, 5) is 25.5. The smallest absolute Gasteiger partial charge is 0.228 e. The molecule has 0 aliphatic carbocycles. The number of piperazine rings is 1. The molecule has 6 rings (SSSR count). The molecule has 0 amide bonds. The van der Waals surface area contributed by atoms with E-state index in [0.29, 0.717) is 13.2 Å². The van der Waals surface area contributed by atoms with Crippen molar-refractivity contribution in [1.82, 2.24) is 30.2 Å². The highest BCUT2D eigenvalue weighted by molar-refractivity contribution is 5.76. The van der Waals surface area contributed by atoms with Crippen LogP contribution in [-0.4, -0.2) is 90.4 Å². The summed E-state index contributed by atoms with van der Waals surface area (Å²) in [7, 11) is 0. The van der Waals surface area contributed by atoms with Gasteiger partial charge >= 0.3 is 0 Å². The normalized spacial score (nSPS) is 18.4. The van der Waals surface area contributed by atoms with Crippen LogP contribution in [0, 0.1) is 0 Å². The minimum atomic E-state index is 0.261. The highest BCUT2D eigenvalue weighted by Gasteiger charge is 2.29. The molecule has 0 bridgehead atoms. The van der Waals surface area contributed by atoms with E-state index in [1.54, 1.807) is 12.4 Å². The van der Waals surface area contributed by atoms with Crippen LogP contribution in [0.5, 0.6) is 0 Å². The Balaban J connectivity index is 1.28. The van der Waals surface area contributed by atoms with Gasteiger partial charge in [-0.3, -0.25) is 0 Å². The fraction of sp³-hybridized carbons (Fsp3) is 0.462. The summed E-state index contributed by atoms with van der Waals surface area (Å²) in [5, 5.41) is 3.42. The first kappa shape index (κ1) is 23.1. The van der Waals surface area contributed by atoms with E-state index >= 15 is 0 Å².